The SMILES string of the molecule is COC(=O)/C=C(/Nc1ccc(CNC(C)C)cc1)C(=O)OC. The van der Waals surface area contributed by atoms with Gasteiger partial charge in [0.2, 0.25) is 0 Å². The fraction of sp³-hybridized carbons (Fsp3) is 0.375. The zero-order valence-electron chi connectivity index (χ0n) is 13.3. The van der Waals surface area contributed by atoms with Gasteiger partial charge in [0, 0.05) is 18.3 Å². The van der Waals surface area contributed by atoms with E-state index in [1.165, 1.54) is 14.2 Å². The molecule has 0 atom stereocenters. The topological polar surface area (TPSA) is 76.7 Å². The van der Waals surface area contributed by atoms with Crippen molar-refractivity contribution in [3.63, 3.8) is 0 Å². The molecule has 0 spiro atoms. The molecule has 0 saturated carbocycles. The van der Waals surface area contributed by atoms with Crippen LogP contribution in [0.2, 0.25) is 0 Å². The minimum Gasteiger partial charge on any atom is -0.466 e. The Labute approximate surface area is 130 Å². The highest BCUT2D eigenvalue weighted by atomic mass is 16.5. The second-order valence-corrected chi connectivity index (χ2v) is 4.93. The Bertz CT molecular complexity index is 536. The number of hydrogen-bond acceptors (Lipinski definition) is 6. The van der Waals surface area contributed by atoms with Crippen molar-refractivity contribution in [2.45, 2.75) is 26.4 Å². The van der Waals surface area contributed by atoms with E-state index in [-0.39, 0.29) is 5.70 Å². The summed E-state index contributed by atoms with van der Waals surface area (Å²) < 4.78 is 9.15. The molecule has 6 heteroatoms. The Morgan fingerprint density at radius 2 is 1.77 bits per heavy atom. The van der Waals surface area contributed by atoms with Crippen molar-refractivity contribution in [1.29, 1.82) is 0 Å². The van der Waals surface area contributed by atoms with Crippen molar-refractivity contribution < 1.29 is 19.1 Å². The number of esters is 2. The molecule has 0 aliphatic heterocycles. The molecule has 0 heterocycles. The molecule has 0 amide bonds. The molecule has 0 fully saturated rings. The minimum atomic E-state index is -0.643. The second kappa shape index (κ2) is 8.84. The average molecular weight is 306 g/mol. The quantitative estimate of drug-likeness (QED) is 0.591. The average Bonchev–Trinajstić information content (AvgIpc) is 2.52. The molecule has 0 bridgehead atoms. The van der Waals surface area contributed by atoms with E-state index >= 15 is 0 Å². The summed E-state index contributed by atoms with van der Waals surface area (Å²) in [5, 5.41) is 6.17. The van der Waals surface area contributed by atoms with E-state index in [4.69, 9.17) is 0 Å². The van der Waals surface area contributed by atoms with E-state index in [1.54, 1.807) is 0 Å². The van der Waals surface area contributed by atoms with Crippen molar-refractivity contribution >= 4 is 17.6 Å². The van der Waals surface area contributed by atoms with E-state index < -0.39 is 11.9 Å². The summed E-state index contributed by atoms with van der Waals surface area (Å²) in [5.74, 6) is -1.28. The maximum absolute atomic E-state index is 11.6. The van der Waals surface area contributed by atoms with Gasteiger partial charge in [0.05, 0.1) is 20.3 Å². The molecule has 2 N–H and O–H groups in total. The standard InChI is InChI=1S/C16H22N2O4/c1-11(2)17-10-12-5-7-13(8-6-12)18-14(16(20)22-4)9-15(19)21-3/h5-9,11,17-18H,10H2,1-4H3/b14-9+. The number of hydrogen-bond donors (Lipinski definition) is 2. The van der Waals surface area contributed by atoms with Crippen LogP contribution in [0.1, 0.15) is 19.4 Å². The summed E-state index contributed by atoms with van der Waals surface area (Å²) in [4.78, 5) is 22.9. The van der Waals surface area contributed by atoms with Gasteiger partial charge in [-0.15, -0.1) is 0 Å². The number of benzene rings is 1. The third kappa shape index (κ3) is 5.97. The summed E-state index contributed by atoms with van der Waals surface area (Å²) in [7, 11) is 2.49. The van der Waals surface area contributed by atoms with Crippen molar-refractivity contribution in [2.24, 2.45) is 0 Å². The van der Waals surface area contributed by atoms with Gasteiger partial charge in [0.15, 0.2) is 0 Å². The molecule has 1 rings (SSSR count). The Hall–Kier alpha value is -2.34. The largest absolute Gasteiger partial charge is 0.466 e. The van der Waals surface area contributed by atoms with E-state index in [1.807, 2.05) is 24.3 Å². The van der Waals surface area contributed by atoms with Crippen molar-refractivity contribution in [3.8, 4) is 0 Å². The Balaban J connectivity index is 2.79. The maximum Gasteiger partial charge on any atom is 0.354 e. The zero-order valence-corrected chi connectivity index (χ0v) is 13.3. The third-order valence-corrected chi connectivity index (χ3v) is 2.82. The van der Waals surface area contributed by atoms with Gasteiger partial charge < -0.3 is 20.1 Å². The summed E-state index contributed by atoms with van der Waals surface area (Å²) in [6, 6.07) is 7.93. The highest BCUT2D eigenvalue weighted by molar-refractivity contribution is 5.98. The first-order chi connectivity index (χ1) is 10.5. The summed E-state index contributed by atoms with van der Waals surface area (Å²) in [6.07, 6.45) is 1.06. The molecule has 0 saturated heterocycles. The lowest BCUT2D eigenvalue weighted by atomic mass is 10.2. The molecule has 0 unspecified atom stereocenters. The molecular weight excluding hydrogens is 284 g/mol. The van der Waals surface area contributed by atoms with Gasteiger partial charge in [-0.05, 0) is 17.7 Å². The van der Waals surface area contributed by atoms with Crippen LogP contribution in [-0.4, -0.2) is 32.2 Å². The Morgan fingerprint density at radius 3 is 2.27 bits per heavy atom. The number of anilines is 1. The van der Waals surface area contributed by atoms with Crippen LogP contribution in [0.5, 0.6) is 0 Å². The molecule has 0 aliphatic carbocycles. The number of carbonyl (C=O) groups excluding carboxylic acids is 2. The molecule has 6 nitrogen and oxygen atoms in total. The highest BCUT2D eigenvalue weighted by Gasteiger charge is 2.12. The molecule has 22 heavy (non-hydrogen) atoms. The molecule has 120 valence electrons. The van der Waals surface area contributed by atoms with Gasteiger partial charge in [-0.25, -0.2) is 9.59 Å². The normalized spacial score (nSPS) is 11.2. The minimum absolute atomic E-state index is 0.0161. The molecule has 0 radical (unpaired) electrons. The number of rotatable bonds is 7. The lowest BCUT2D eigenvalue weighted by Gasteiger charge is -2.11. The van der Waals surface area contributed by atoms with Gasteiger partial charge in [0.1, 0.15) is 5.70 Å². The van der Waals surface area contributed by atoms with E-state index in [9.17, 15) is 9.59 Å². The molecular formula is C16H22N2O4. The van der Waals surface area contributed by atoms with E-state index in [0.29, 0.717) is 11.7 Å². The van der Waals surface area contributed by atoms with Crippen LogP contribution < -0.4 is 10.6 Å². The lowest BCUT2D eigenvalue weighted by Crippen LogP contribution is -2.21. The monoisotopic (exact) mass is 306 g/mol. The molecule has 0 aliphatic rings. The molecule has 0 aromatic heterocycles. The first-order valence-electron chi connectivity index (χ1n) is 6.93. The Morgan fingerprint density at radius 1 is 1.14 bits per heavy atom. The number of ether oxygens (including phenoxy) is 2. The maximum atomic E-state index is 11.6. The van der Waals surface area contributed by atoms with Gasteiger partial charge in [-0.1, -0.05) is 26.0 Å². The smallest absolute Gasteiger partial charge is 0.354 e. The first-order valence-corrected chi connectivity index (χ1v) is 6.93. The lowest BCUT2D eigenvalue weighted by molar-refractivity contribution is -0.138. The number of carbonyl (C=O) groups is 2. The van der Waals surface area contributed by atoms with Crippen LogP contribution in [0.3, 0.4) is 0 Å². The van der Waals surface area contributed by atoms with Crippen LogP contribution in [0.15, 0.2) is 36.0 Å². The van der Waals surface area contributed by atoms with E-state index in [0.717, 1.165) is 18.2 Å². The van der Waals surface area contributed by atoms with Crippen LogP contribution in [0, 0.1) is 0 Å². The van der Waals surface area contributed by atoms with E-state index in [2.05, 4.69) is 34.0 Å². The Kier molecular flexibility index (Phi) is 7.12. The number of methoxy groups -OCH3 is 2. The third-order valence-electron chi connectivity index (χ3n) is 2.82. The second-order valence-electron chi connectivity index (χ2n) is 4.93. The number of nitrogens with one attached hydrogen (secondary N) is 2. The van der Waals surface area contributed by atoms with Crippen molar-refractivity contribution in [2.75, 3.05) is 19.5 Å². The van der Waals surface area contributed by atoms with Gasteiger partial charge in [-0.3, -0.25) is 0 Å². The van der Waals surface area contributed by atoms with Crippen LogP contribution in [-0.2, 0) is 25.6 Å². The van der Waals surface area contributed by atoms with Crippen LogP contribution >= 0.6 is 0 Å². The highest BCUT2D eigenvalue weighted by Crippen LogP contribution is 2.13. The summed E-state index contributed by atoms with van der Waals surface area (Å²) in [6.45, 7) is 4.92. The van der Waals surface area contributed by atoms with Crippen molar-refractivity contribution in [3.05, 3.63) is 41.6 Å². The summed E-state index contributed by atoms with van der Waals surface area (Å²) in [5.41, 5.74) is 1.81. The fourth-order valence-corrected chi connectivity index (χ4v) is 1.62. The van der Waals surface area contributed by atoms with Gasteiger partial charge in [-0.2, -0.15) is 0 Å². The van der Waals surface area contributed by atoms with Gasteiger partial charge >= 0.3 is 11.9 Å². The summed E-state index contributed by atoms with van der Waals surface area (Å²) >= 11 is 0. The zero-order chi connectivity index (χ0) is 16.5. The fourth-order valence-electron chi connectivity index (χ4n) is 1.62. The predicted octanol–water partition coefficient (Wildman–Crippen LogP) is 1.83. The van der Waals surface area contributed by atoms with Gasteiger partial charge in [0.25, 0.3) is 0 Å². The van der Waals surface area contributed by atoms with Crippen LogP contribution in [0.4, 0.5) is 5.69 Å². The molecule has 1 aromatic carbocycles. The van der Waals surface area contributed by atoms with Crippen LogP contribution in [0.25, 0.3) is 0 Å². The van der Waals surface area contributed by atoms with Crippen molar-refractivity contribution in [1.82, 2.24) is 5.32 Å². The predicted molar refractivity (Wildman–Crippen MR) is 84.2 cm³/mol. The first kappa shape index (κ1) is 17.7. The molecule has 1 aromatic rings.